The van der Waals surface area contributed by atoms with Gasteiger partial charge >= 0.3 is 0 Å². The number of carbonyl (C=O) groups is 1. The Bertz CT molecular complexity index is 1070. The summed E-state index contributed by atoms with van der Waals surface area (Å²) in [6, 6.07) is 24.6. The van der Waals surface area contributed by atoms with Crippen LogP contribution in [0.15, 0.2) is 83.9 Å². The van der Waals surface area contributed by atoms with Crippen molar-refractivity contribution in [3.05, 3.63) is 83.9 Å². The monoisotopic (exact) mass is 451 g/mol. The topological polar surface area (TPSA) is 45.1 Å². The van der Waals surface area contributed by atoms with E-state index in [2.05, 4.69) is 0 Å². The number of carbonyl (C=O) groups excluding carboxylic acids is 1. The predicted molar refractivity (Wildman–Crippen MR) is 129 cm³/mol. The van der Waals surface area contributed by atoms with Crippen LogP contribution in [0.5, 0.6) is 11.5 Å². The summed E-state index contributed by atoms with van der Waals surface area (Å²) in [4.78, 5) is 21.0. The molecule has 7 heteroatoms. The summed E-state index contributed by atoms with van der Waals surface area (Å²) in [7, 11) is 1.96. The Labute approximate surface area is 191 Å². The number of amidine groups is 1. The molecule has 158 valence electrons. The SMILES string of the molecule is CC(=O)N(c1ccc(Cl)cc1)C1CSC(=Nc2ccc(Oc3ccccc3)cc2)N1C. The first-order valence-electron chi connectivity index (χ1n) is 9.84. The highest BCUT2D eigenvalue weighted by Crippen LogP contribution is 2.32. The van der Waals surface area contributed by atoms with E-state index >= 15 is 0 Å². The molecule has 1 atom stereocenters. The van der Waals surface area contributed by atoms with Crippen LogP contribution in [0.2, 0.25) is 5.02 Å². The van der Waals surface area contributed by atoms with Crippen molar-refractivity contribution in [3.63, 3.8) is 0 Å². The largest absolute Gasteiger partial charge is 0.457 e. The Hall–Kier alpha value is -2.96. The normalized spacial score (nSPS) is 17.1. The van der Waals surface area contributed by atoms with Gasteiger partial charge in [0.1, 0.15) is 17.7 Å². The molecule has 0 radical (unpaired) electrons. The molecule has 1 saturated heterocycles. The molecule has 0 spiro atoms. The molecule has 1 aliphatic rings. The van der Waals surface area contributed by atoms with E-state index in [9.17, 15) is 4.79 Å². The molecule has 1 unspecified atom stereocenters. The Kier molecular flexibility index (Phi) is 6.49. The van der Waals surface area contributed by atoms with Gasteiger partial charge in [0, 0.05) is 30.4 Å². The lowest BCUT2D eigenvalue weighted by atomic mass is 10.2. The van der Waals surface area contributed by atoms with Crippen LogP contribution in [0.4, 0.5) is 11.4 Å². The standard InChI is InChI=1S/C24H22ClN3O2S/c1-17(29)28(20-12-8-18(25)9-13-20)23-16-31-24(27(23)2)26-19-10-14-22(15-11-19)30-21-6-4-3-5-7-21/h3-15,23H,16H2,1-2H3. The van der Waals surface area contributed by atoms with Gasteiger partial charge in [0.05, 0.1) is 5.69 Å². The molecule has 1 aliphatic heterocycles. The highest BCUT2D eigenvalue weighted by Gasteiger charge is 2.34. The van der Waals surface area contributed by atoms with Crippen LogP contribution in [0.25, 0.3) is 0 Å². The van der Waals surface area contributed by atoms with Crippen LogP contribution in [-0.2, 0) is 4.79 Å². The van der Waals surface area contributed by atoms with E-state index in [1.807, 2.05) is 78.7 Å². The number of amides is 1. The minimum atomic E-state index is -0.122. The van der Waals surface area contributed by atoms with E-state index in [0.717, 1.165) is 33.8 Å². The Morgan fingerprint density at radius 3 is 2.32 bits per heavy atom. The first-order valence-corrected chi connectivity index (χ1v) is 11.2. The summed E-state index contributed by atoms with van der Waals surface area (Å²) in [6.45, 7) is 1.58. The molecule has 0 N–H and O–H groups in total. The third kappa shape index (κ3) is 5.03. The fraction of sp³-hybridized carbons (Fsp3) is 0.167. The maximum Gasteiger partial charge on any atom is 0.225 e. The summed E-state index contributed by atoms with van der Waals surface area (Å²) in [5.41, 5.74) is 1.65. The molecule has 1 heterocycles. The van der Waals surface area contributed by atoms with Gasteiger partial charge in [-0.3, -0.25) is 9.69 Å². The van der Waals surface area contributed by atoms with Crippen LogP contribution in [0.1, 0.15) is 6.92 Å². The van der Waals surface area contributed by atoms with Crippen molar-refractivity contribution in [1.82, 2.24) is 4.90 Å². The number of anilines is 1. The Morgan fingerprint density at radius 1 is 1.03 bits per heavy atom. The number of aliphatic imine (C=N–C) groups is 1. The first-order chi connectivity index (χ1) is 15.0. The summed E-state index contributed by atoms with van der Waals surface area (Å²) < 4.78 is 5.84. The van der Waals surface area contributed by atoms with E-state index in [4.69, 9.17) is 21.3 Å². The molecule has 1 amide bonds. The van der Waals surface area contributed by atoms with Gasteiger partial charge in [-0.25, -0.2) is 4.99 Å². The number of ether oxygens (including phenoxy) is 1. The number of para-hydroxylation sites is 1. The van der Waals surface area contributed by atoms with Crippen molar-refractivity contribution in [2.45, 2.75) is 13.1 Å². The van der Waals surface area contributed by atoms with Crippen molar-refractivity contribution in [2.24, 2.45) is 4.99 Å². The van der Waals surface area contributed by atoms with Gasteiger partial charge in [-0.1, -0.05) is 41.6 Å². The zero-order valence-corrected chi connectivity index (χ0v) is 18.8. The van der Waals surface area contributed by atoms with E-state index in [1.54, 1.807) is 35.7 Å². The average Bonchev–Trinajstić information content (AvgIpc) is 3.11. The van der Waals surface area contributed by atoms with Crippen molar-refractivity contribution >= 4 is 45.8 Å². The first kappa shape index (κ1) is 21.3. The number of hydrogen-bond acceptors (Lipinski definition) is 4. The van der Waals surface area contributed by atoms with Crippen molar-refractivity contribution < 1.29 is 9.53 Å². The van der Waals surface area contributed by atoms with Crippen LogP contribution in [0.3, 0.4) is 0 Å². The van der Waals surface area contributed by atoms with Gasteiger partial charge in [0.2, 0.25) is 5.91 Å². The van der Waals surface area contributed by atoms with E-state index in [1.165, 1.54) is 0 Å². The minimum absolute atomic E-state index is 0.0246. The second-order valence-corrected chi connectivity index (χ2v) is 8.49. The highest BCUT2D eigenvalue weighted by molar-refractivity contribution is 8.14. The summed E-state index contributed by atoms with van der Waals surface area (Å²) in [5, 5.41) is 1.50. The summed E-state index contributed by atoms with van der Waals surface area (Å²) in [6.07, 6.45) is -0.122. The Morgan fingerprint density at radius 2 is 1.68 bits per heavy atom. The minimum Gasteiger partial charge on any atom is -0.457 e. The molecule has 0 saturated carbocycles. The highest BCUT2D eigenvalue weighted by atomic mass is 35.5. The van der Waals surface area contributed by atoms with Gasteiger partial charge in [-0.15, -0.1) is 0 Å². The molecule has 3 aromatic rings. The van der Waals surface area contributed by atoms with Gasteiger partial charge < -0.3 is 9.64 Å². The van der Waals surface area contributed by atoms with Gasteiger partial charge in [0.15, 0.2) is 5.17 Å². The maximum atomic E-state index is 12.4. The number of rotatable bonds is 5. The van der Waals surface area contributed by atoms with Crippen LogP contribution < -0.4 is 9.64 Å². The zero-order chi connectivity index (χ0) is 21.8. The number of benzene rings is 3. The molecular weight excluding hydrogens is 430 g/mol. The second-order valence-electron chi connectivity index (χ2n) is 7.07. The lowest BCUT2D eigenvalue weighted by Gasteiger charge is -2.32. The average molecular weight is 452 g/mol. The molecule has 0 aliphatic carbocycles. The molecule has 1 fully saturated rings. The number of thioether (sulfide) groups is 1. The lowest BCUT2D eigenvalue weighted by molar-refractivity contribution is -0.117. The summed E-state index contributed by atoms with van der Waals surface area (Å²) >= 11 is 7.64. The van der Waals surface area contributed by atoms with Gasteiger partial charge in [-0.2, -0.15) is 0 Å². The molecular formula is C24H22ClN3O2S. The quantitative estimate of drug-likeness (QED) is 0.464. The summed E-state index contributed by atoms with van der Waals surface area (Å²) in [5.74, 6) is 2.25. The molecule has 0 bridgehead atoms. The van der Waals surface area contributed by atoms with E-state index in [0.29, 0.717) is 5.02 Å². The number of halogens is 1. The van der Waals surface area contributed by atoms with E-state index in [-0.39, 0.29) is 12.1 Å². The van der Waals surface area contributed by atoms with Crippen molar-refractivity contribution in [1.29, 1.82) is 0 Å². The van der Waals surface area contributed by atoms with Crippen LogP contribution >= 0.6 is 23.4 Å². The molecule has 0 aromatic heterocycles. The third-order valence-electron chi connectivity index (χ3n) is 4.89. The molecule has 31 heavy (non-hydrogen) atoms. The molecule has 5 nitrogen and oxygen atoms in total. The molecule has 4 rings (SSSR count). The van der Waals surface area contributed by atoms with E-state index < -0.39 is 0 Å². The smallest absolute Gasteiger partial charge is 0.225 e. The number of nitrogens with zero attached hydrogens (tertiary/aromatic N) is 3. The maximum absolute atomic E-state index is 12.4. The predicted octanol–water partition coefficient (Wildman–Crippen LogP) is 6.18. The fourth-order valence-corrected chi connectivity index (χ4v) is 4.63. The number of hydrogen-bond donors (Lipinski definition) is 0. The van der Waals surface area contributed by atoms with Gasteiger partial charge in [0.25, 0.3) is 0 Å². The van der Waals surface area contributed by atoms with Crippen molar-refractivity contribution in [2.75, 3.05) is 17.7 Å². The zero-order valence-electron chi connectivity index (χ0n) is 17.2. The lowest BCUT2D eigenvalue weighted by Crippen LogP contribution is -2.48. The van der Waals surface area contributed by atoms with Crippen LogP contribution in [0, 0.1) is 0 Å². The second kappa shape index (κ2) is 9.45. The third-order valence-corrected chi connectivity index (χ3v) is 6.25. The van der Waals surface area contributed by atoms with Crippen molar-refractivity contribution in [3.8, 4) is 11.5 Å². The Balaban J connectivity index is 1.49. The fourth-order valence-electron chi connectivity index (χ4n) is 3.34. The van der Waals surface area contributed by atoms with Crippen LogP contribution in [-0.4, -0.2) is 34.9 Å². The molecule has 3 aromatic carbocycles. The van der Waals surface area contributed by atoms with Gasteiger partial charge in [-0.05, 0) is 60.7 Å².